The summed E-state index contributed by atoms with van der Waals surface area (Å²) >= 11 is 1.48. The first-order valence-corrected chi connectivity index (χ1v) is 9.05. The highest BCUT2D eigenvalue weighted by molar-refractivity contribution is 7.20. The summed E-state index contributed by atoms with van der Waals surface area (Å²) in [5.74, 6) is 0.388. The van der Waals surface area contributed by atoms with E-state index in [-0.39, 0.29) is 5.91 Å². The number of thiophene rings is 1. The van der Waals surface area contributed by atoms with Gasteiger partial charge >= 0.3 is 0 Å². The summed E-state index contributed by atoms with van der Waals surface area (Å²) < 4.78 is 2.01. The molecule has 4 rings (SSSR count). The second kappa shape index (κ2) is 6.00. The number of hydrogen-bond acceptors (Lipinski definition) is 4. The molecule has 0 radical (unpaired) electrons. The fourth-order valence-electron chi connectivity index (χ4n) is 2.95. The fraction of sp³-hybridized carbons (Fsp3) is 0.278. The van der Waals surface area contributed by atoms with Crippen LogP contribution in [0.1, 0.15) is 29.2 Å². The van der Waals surface area contributed by atoms with Crippen molar-refractivity contribution >= 4 is 44.1 Å². The van der Waals surface area contributed by atoms with E-state index in [0.29, 0.717) is 10.8 Å². The number of anilines is 1. The molecule has 0 aliphatic rings. The van der Waals surface area contributed by atoms with E-state index in [1.807, 2.05) is 35.9 Å². The lowest BCUT2D eigenvalue weighted by Crippen LogP contribution is -2.10. The zero-order chi connectivity index (χ0) is 17.6. The Balaban J connectivity index is 1.67. The topological polar surface area (TPSA) is 75.6 Å². The summed E-state index contributed by atoms with van der Waals surface area (Å²) in [7, 11) is 0. The number of benzene rings is 1. The Bertz CT molecular complexity index is 1070. The van der Waals surface area contributed by atoms with Crippen LogP contribution >= 0.6 is 11.3 Å². The van der Waals surface area contributed by atoms with Gasteiger partial charge in [0.25, 0.3) is 5.91 Å². The minimum absolute atomic E-state index is 0.112. The maximum atomic E-state index is 12.7. The van der Waals surface area contributed by atoms with Crippen LogP contribution in [0.25, 0.3) is 21.1 Å². The number of amides is 1. The first-order chi connectivity index (χ1) is 12.0. The second-order valence-corrected chi connectivity index (χ2v) is 7.62. The Kier molecular flexibility index (Phi) is 3.80. The van der Waals surface area contributed by atoms with Crippen LogP contribution in [0.4, 0.5) is 5.69 Å². The molecule has 1 aromatic carbocycles. The SMILES string of the molecule is Cc1nn(CC(C)C)c2sc(C(=O)Nc3cccc4cn[nH]c34)cc12. The number of H-pyrrole nitrogens is 1. The summed E-state index contributed by atoms with van der Waals surface area (Å²) in [5, 5.41) is 16.6. The van der Waals surface area contributed by atoms with Crippen molar-refractivity contribution in [3.63, 3.8) is 0 Å². The zero-order valence-electron chi connectivity index (χ0n) is 14.3. The van der Waals surface area contributed by atoms with E-state index in [9.17, 15) is 4.79 Å². The first kappa shape index (κ1) is 15.8. The predicted molar refractivity (Wildman–Crippen MR) is 101 cm³/mol. The maximum Gasteiger partial charge on any atom is 0.265 e. The first-order valence-electron chi connectivity index (χ1n) is 8.23. The van der Waals surface area contributed by atoms with Crippen molar-refractivity contribution in [3.8, 4) is 0 Å². The van der Waals surface area contributed by atoms with E-state index in [4.69, 9.17) is 0 Å². The molecule has 128 valence electrons. The predicted octanol–water partition coefficient (Wildman–Crippen LogP) is 4.19. The van der Waals surface area contributed by atoms with Gasteiger partial charge < -0.3 is 5.32 Å². The van der Waals surface area contributed by atoms with Crippen molar-refractivity contribution in [2.24, 2.45) is 5.92 Å². The summed E-state index contributed by atoms with van der Waals surface area (Å²) in [4.78, 5) is 14.5. The molecule has 0 aliphatic carbocycles. The molecule has 4 aromatic rings. The van der Waals surface area contributed by atoms with Gasteiger partial charge in [-0.15, -0.1) is 11.3 Å². The number of carbonyl (C=O) groups is 1. The van der Waals surface area contributed by atoms with Crippen molar-refractivity contribution in [2.75, 3.05) is 5.32 Å². The van der Waals surface area contributed by atoms with Gasteiger partial charge in [0, 0.05) is 17.3 Å². The third kappa shape index (κ3) is 2.80. The number of aromatic amines is 1. The van der Waals surface area contributed by atoms with Gasteiger partial charge in [0.05, 0.1) is 28.0 Å². The van der Waals surface area contributed by atoms with Crippen LogP contribution < -0.4 is 5.32 Å². The summed E-state index contributed by atoms with van der Waals surface area (Å²) in [6.07, 6.45) is 1.74. The average molecular weight is 353 g/mol. The van der Waals surface area contributed by atoms with Crippen LogP contribution in [0.5, 0.6) is 0 Å². The second-order valence-electron chi connectivity index (χ2n) is 6.58. The molecule has 3 aromatic heterocycles. The van der Waals surface area contributed by atoms with E-state index < -0.39 is 0 Å². The van der Waals surface area contributed by atoms with E-state index >= 15 is 0 Å². The highest BCUT2D eigenvalue weighted by Gasteiger charge is 2.17. The quantitative estimate of drug-likeness (QED) is 0.577. The number of para-hydroxylation sites is 1. The number of nitrogens with zero attached hydrogens (tertiary/aromatic N) is 3. The zero-order valence-corrected chi connectivity index (χ0v) is 15.1. The van der Waals surface area contributed by atoms with Crippen molar-refractivity contribution in [3.05, 3.63) is 41.0 Å². The average Bonchev–Trinajstić information content (AvgIpc) is 3.25. The largest absolute Gasteiger partial charge is 0.319 e. The number of nitrogens with one attached hydrogen (secondary N) is 2. The van der Waals surface area contributed by atoms with Gasteiger partial charge in [0.1, 0.15) is 4.83 Å². The number of carbonyl (C=O) groups excluding carboxylic acids is 1. The Hall–Kier alpha value is -2.67. The molecule has 0 spiro atoms. The number of rotatable bonds is 4. The van der Waals surface area contributed by atoms with Crippen LogP contribution in [-0.2, 0) is 6.54 Å². The van der Waals surface area contributed by atoms with E-state index in [1.165, 1.54) is 11.3 Å². The Morgan fingerprint density at radius 2 is 2.24 bits per heavy atom. The lowest BCUT2D eigenvalue weighted by atomic mass is 10.2. The molecule has 7 heteroatoms. The Labute approximate surface area is 148 Å². The number of aromatic nitrogens is 4. The molecule has 0 fully saturated rings. The molecule has 0 saturated carbocycles. The smallest absolute Gasteiger partial charge is 0.265 e. The Morgan fingerprint density at radius 3 is 3.04 bits per heavy atom. The van der Waals surface area contributed by atoms with Gasteiger partial charge in [-0.05, 0) is 25.0 Å². The number of fused-ring (bicyclic) bond motifs is 2. The van der Waals surface area contributed by atoms with E-state index in [0.717, 1.165) is 39.0 Å². The molecule has 25 heavy (non-hydrogen) atoms. The molecular weight excluding hydrogens is 334 g/mol. The normalized spacial score (nSPS) is 11.7. The van der Waals surface area contributed by atoms with Crippen molar-refractivity contribution in [1.82, 2.24) is 20.0 Å². The summed E-state index contributed by atoms with van der Waals surface area (Å²) in [5.41, 5.74) is 2.53. The van der Waals surface area contributed by atoms with Crippen molar-refractivity contribution < 1.29 is 4.79 Å². The highest BCUT2D eigenvalue weighted by atomic mass is 32.1. The van der Waals surface area contributed by atoms with Gasteiger partial charge in [-0.3, -0.25) is 14.6 Å². The molecule has 6 nitrogen and oxygen atoms in total. The number of aryl methyl sites for hydroxylation is 1. The van der Waals surface area contributed by atoms with Gasteiger partial charge in [0.15, 0.2) is 0 Å². The lowest BCUT2D eigenvalue weighted by Gasteiger charge is -2.06. The van der Waals surface area contributed by atoms with Crippen molar-refractivity contribution in [1.29, 1.82) is 0 Å². The number of hydrogen-bond donors (Lipinski definition) is 2. The van der Waals surface area contributed by atoms with Crippen LogP contribution in [0.2, 0.25) is 0 Å². The van der Waals surface area contributed by atoms with Gasteiger partial charge in [-0.25, -0.2) is 0 Å². The van der Waals surface area contributed by atoms with Gasteiger partial charge in [-0.1, -0.05) is 26.0 Å². The van der Waals surface area contributed by atoms with Gasteiger partial charge in [-0.2, -0.15) is 10.2 Å². The molecule has 0 unspecified atom stereocenters. The van der Waals surface area contributed by atoms with Gasteiger partial charge in [0.2, 0.25) is 0 Å². The summed E-state index contributed by atoms with van der Waals surface area (Å²) in [6.45, 7) is 7.16. The third-order valence-corrected chi connectivity index (χ3v) is 5.24. The lowest BCUT2D eigenvalue weighted by molar-refractivity contribution is 0.103. The molecule has 0 bridgehead atoms. The monoisotopic (exact) mass is 353 g/mol. The molecule has 3 heterocycles. The minimum atomic E-state index is -0.112. The fourth-order valence-corrected chi connectivity index (χ4v) is 4.02. The van der Waals surface area contributed by atoms with Crippen molar-refractivity contribution in [2.45, 2.75) is 27.3 Å². The minimum Gasteiger partial charge on any atom is -0.319 e. The van der Waals surface area contributed by atoms with E-state index in [1.54, 1.807) is 6.20 Å². The molecule has 0 aliphatic heterocycles. The standard InChI is InChI=1S/C18H19N5OS/c1-10(2)9-23-18-13(11(3)22-23)7-15(25-18)17(24)20-14-6-4-5-12-8-19-21-16(12)14/h4-8,10H,9H2,1-3H3,(H,19,21)(H,20,24). The van der Waals surface area contributed by atoms with Crippen LogP contribution in [-0.4, -0.2) is 25.9 Å². The molecule has 0 saturated heterocycles. The van der Waals surface area contributed by atoms with Crippen LogP contribution in [0.3, 0.4) is 0 Å². The Morgan fingerprint density at radius 1 is 1.40 bits per heavy atom. The van der Waals surface area contributed by atoms with Crippen LogP contribution in [0, 0.1) is 12.8 Å². The third-order valence-electron chi connectivity index (χ3n) is 4.09. The molecule has 0 atom stereocenters. The van der Waals surface area contributed by atoms with Crippen LogP contribution in [0.15, 0.2) is 30.5 Å². The molecule has 1 amide bonds. The molecular formula is C18H19N5OS. The maximum absolute atomic E-state index is 12.7. The van der Waals surface area contributed by atoms with E-state index in [2.05, 4.69) is 34.5 Å². The highest BCUT2D eigenvalue weighted by Crippen LogP contribution is 2.30. The summed E-state index contributed by atoms with van der Waals surface area (Å²) in [6, 6.07) is 7.67. The molecule has 2 N–H and O–H groups in total.